The number of hydrogen-bond donors (Lipinski definition) is 1. The summed E-state index contributed by atoms with van der Waals surface area (Å²) in [6, 6.07) is -0.0634. The Morgan fingerprint density at radius 1 is 1.58 bits per heavy atom. The molecule has 1 aromatic rings. The third-order valence-corrected chi connectivity index (χ3v) is 4.69. The van der Waals surface area contributed by atoms with Crippen molar-refractivity contribution >= 4 is 17.2 Å². The molecule has 4 nitrogen and oxygen atoms in total. The van der Waals surface area contributed by atoms with Gasteiger partial charge in [-0.05, 0) is 32.2 Å². The largest absolute Gasteiger partial charge is 0.336 e. The molecule has 2 heterocycles. The van der Waals surface area contributed by atoms with Gasteiger partial charge in [-0.1, -0.05) is 13.8 Å². The predicted octanol–water partition coefficient (Wildman–Crippen LogP) is 2.19. The van der Waals surface area contributed by atoms with Gasteiger partial charge in [-0.25, -0.2) is 4.98 Å². The third kappa shape index (κ3) is 3.54. The molecule has 2 rings (SSSR count). The van der Waals surface area contributed by atoms with E-state index in [0.717, 1.165) is 24.4 Å². The average Bonchev–Trinajstić information content (AvgIpc) is 2.71. The second-order valence-electron chi connectivity index (χ2n) is 6.06. The van der Waals surface area contributed by atoms with E-state index >= 15 is 0 Å². The van der Waals surface area contributed by atoms with Crippen molar-refractivity contribution in [2.45, 2.75) is 46.2 Å². The van der Waals surface area contributed by atoms with E-state index in [4.69, 9.17) is 0 Å². The van der Waals surface area contributed by atoms with E-state index in [1.165, 1.54) is 4.88 Å². The number of aryl methyl sites for hydroxylation is 1. The van der Waals surface area contributed by atoms with Gasteiger partial charge in [-0.3, -0.25) is 4.79 Å². The van der Waals surface area contributed by atoms with Gasteiger partial charge >= 0.3 is 0 Å². The third-order valence-electron chi connectivity index (χ3n) is 3.79. The van der Waals surface area contributed by atoms with Crippen molar-refractivity contribution < 1.29 is 4.79 Å². The van der Waals surface area contributed by atoms with Crippen molar-refractivity contribution in [3.8, 4) is 0 Å². The fourth-order valence-corrected chi connectivity index (χ4v) is 3.37. The molecule has 1 saturated heterocycles. The van der Waals surface area contributed by atoms with Crippen LogP contribution in [0.25, 0.3) is 0 Å². The van der Waals surface area contributed by atoms with Crippen molar-refractivity contribution in [3.63, 3.8) is 0 Å². The lowest BCUT2D eigenvalue weighted by atomic mass is 9.83. The Morgan fingerprint density at radius 3 is 2.89 bits per heavy atom. The SMILES string of the molecule is CNC1CC(C)(C)CCN(Cc2cnc(C)s2)C1=O. The number of thiazole rings is 1. The van der Waals surface area contributed by atoms with E-state index in [9.17, 15) is 4.79 Å². The van der Waals surface area contributed by atoms with Crippen molar-refractivity contribution in [2.75, 3.05) is 13.6 Å². The highest BCUT2D eigenvalue weighted by Crippen LogP contribution is 2.31. The number of nitrogens with one attached hydrogen (secondary N) is 1. The van der Waals surface area contributed by atoms with Crippen LogP contribution in [0, 0.1) is 12.3 Å². The van der Waals surface area contributed by atoms with E-state index < -0.39 is 0 Å². The van der Waals surface area contributed by atoms with Crippen molar-refractivity contribution in [1.29, 1.82) is 0 Å². The highest BCUT2D eigenvalue weighted by atomic mass is 32.1. The molecule has 0 bridgehead atoms. The minimum absolute atomic E-state index is 0.0634. The van der Waals surface area contributed by atoms with E-state index in [0.29, 0.717) is 6.54 Å². The molecule has 0 radical (unpaired) electrons. The molecule has 1 aliphatic rings. The molecule has 1 aromatic heterocycles. The molecule has 5 heteroatoms. The Hall–Kier alpha value is -0.940. The Bertz CT molecular complexity index is 455. The maximum absolute atomic E-state index is 12.5. The summed E-state index contributed by atoms with van der Waals surface area (Å²) in [6.45, 7) is 8.01. The molecule has 1 amide bonds. The molecule has 1 N–H and O–H groups in total. The van der Waals surface area contributed by atoms with E-state index in [-0.39, 0.29) is 17.4 Å². The quantitative estimate of drug-likeness (QED) is 0.923. The molecule has 1 unspecified atom stereocenters. The lowest BCUT2D eigenvalue weighted by Crippen LogP contribution is -2.44. The standard InChI is InChI=1S/C14H23N3OS/c1-10-16-8-11(19-10)9-17-6-5-14(2,3)7-12(15-4)13(17)18/h8,12,15H,5-7,9H2,1-4H3. The van der Waals surface area contributed by atoms with E-state index in [1.807, 2.05) is 25.1 Å². The summed E-state index contributed by atoms with van der Waals surface area (Å²) in [4.78, 5) is 19.9. The summed E-state index contributed by atoms with van der Waals surface area (Å²) in [5, 5.41) is 4.22. The lowest BCUT2D eigenvalue weighted by molar-refractivity contribution is -0.133. The normalized spacial score (nSPS) is 23.5. The van der Waals surface area contributed by atoms with Crippen LogP contribution in [-0.4, -0.2) is 35.4 Å². The number of aromatic nitrogens is 1. The first-order valence-corrected chi connectivity index (χ1v) is 7.60. The Morgan fingerprint density at radius 2 is 2.32 bits per heavy atom. The van der Waals surface area contributed by atoms with Crippen LogP contribution in [0.4, 0.5) is 0 Å². The van der Waals surface area contributed by atoms with Gasteiger partial charge in [0.15, 0.2) is 0 Å². The summed E-state index contributed by atoms with van der Waals surface area (Å²) in [7, 11) is 1.87. The van der Waals surface area contributed by atoms with Crippen LogP contribution >= 0.6 is 11.3 Å². The molecule has 106 valence electrons. The first kappa shape index (κ1) is 14.5. The van der Waals surface area contributed by atoms with Crippen LogP contribution < -0.4 is 5.32 Å². The number of rotatable bonds is 3. The van der Waals surface area contributed by atoms with E-state index in [1.54, 1.807) is 11.3 Å². The lowest BCUT2D eigenvalue weighted by Gasteiger charge is -2.24. The minimum atomic E-state index is -0.0634. The molecule has 1 fully saturated rings. The summed E-state index contributed by atoms with van der Waals surface area (Å²) < 4.78 is 0. The first-order valence-electron chi connectivity index (χ1n) is 6.79. The minimum Gasteiger partial charge on any atom is -0.336 e. The molecule has 0 aromatic carbocycles. The van der Waals surface area contributed by atoms with Crippen molar-refractivity contribution in [3.05, 3.63) is 16.1 Å². The van der Waals surface area contributed by atoms with Crippen LogP contribution in [0.15, 0.2) is 6.20 Å². The molecule has 1 atom stereocenters. The van der Waals surface area contributed by atoms with Crippen molar-refractivity contribution in [2.24, 2.45) is 5.41 Å². The molecule has 19 heavy (non-hydrogen) atoms. The molecular formula is C14H23N3OS. The second-order valence-corrected chi connectivity index (χ2v) is 7.38. The first-order chi connectivity index (χ1) is 8.91. The zero-order valence-corrected chi connectivity index (χ0v) is 13.0. The van der Waals surface area contributed by atoms with Gasteiger partial charge in [-0.2, -0.15) is 0 Å². The number of nitrogens with zero attached hydrogens (tertiary/aromatic N) is 2. The summed E-state index contributed by atoms with van der Waals surface area (Å²) >= 11 is 1.67. The monoisotopic (exact) mass is 281 g/mol. The highest BCUT2D eigenvalue weighted by Gasteiger charge is 2.34. The predicted molar refractivity (Wildman–Crippen MR) is 78.1 cm³/mol. The summed E-state index contributed by atoms with van der Waals surface area (Å²) in [5.41, 5.74) is 0.210. The molecular weight excluding hydrogens is 258 g/mol. The van der Waals surface area contributed by atoms with Crippen LogP contribution in [-0.2, 0) is 11.3 Å². The van der Waals surface area contributed by atoms with Gasteiger partial charge in [0.25, 0.3) is 0 Å². The molecule has 1 aliphatic heterocycles. The fraction of sp³-hybridized carbons (Fsp3) is 0.714. The number of likely N-dealkylation sites (tertiary alicyclic amines) is 1. The summed E-state index contributed by atoms with van der Waals surface area (Å²) in [6.07, 6.45) is 3.84. The van der Waals surface area contributed by atoms with Crippen LogP contribution in [0.2, 0.25) is 0 Å². The highest BCUT2D eigenvalue weighted by molar-refractivity contribution is 7.11. The van der Waals surface area contributed by atoms with Crippen LogP contribution in [0.1, 0.15) is 36.6 Å². The van der Waals surface area contributed by atoms with Gasteiger partial charge in [0.1, 0.15) is 0 Å². The maximum atomic E-state index is 12.5. The number of likely N-dealkylation sites (N-methyl/N-ethyl adjacent to an activating group) is 1. The smallest absolute Gasteiger partial charge is 0.240 e. The number of carbonyl (C=O) groups is 1. The Labute approximate surface area is 119 Å². The average molecular weight is 281 g/mol. The van der Waals surface area contributed by atoms with Crippen molar-refractivity contribution in [1.82, 2.24) is 15.2 Å². The molecule has 0 saturated carbocycles. The zero-order valence-electron chi connectivity index (χ0n) is 12.2. The van der Waals surface area contributed by atoms with Gasteiger partial charge < -0.3 is 10.2 Å². The van der Waals surface area contributed by atoms with Gasteiger partial charge in [0.05, 0.1) is 17.6 Å². The van der Waals surface area contributed by atoms with E-state index in [2.05, 4.69) is 24.1 Å². The van der Waals surface area contributed by atoms with Crippen LogP contribution in [0.5, 0.6) is 0 Å². The molecule has 0 aliphatic carbocycles. The summed E-state index contributed by atoms with van der Waals surface area (Å²) in [5.74, 6) is 0.221. The Kier molecular flexibility index (Phi) is 4.26. The Balaban J connectivity index is 2.13. The van der Waals surface area contributed by atoms with Gasteiger partial charge in [-0.15, -0.1) is 11.3 Å². The zero-order chi connectivity index (χ0) is 14.0. The molecule has 0 spiro atoms. The fourth-order valence-electron chi connectivity index (χ4n) is 2.56. The number of hydrogen-bond acceptors (Lipinski definition) is 4. The topological polar surface area (TPSA) is 45.2 Å². The number of carbonyl (C=O) groups excluding carboxylic acids is 1. The number of amides is 1. The van der Waals surface area contributed by atoms with Gasteiger partial charge in [0, 0.05) is 17.6 Å². The van der Waals surface area contributed by atoms with Gasteiger partial charge in [0.2, 0.25) is 5.91 Å². The maximum Gasteiger partial charge on any atom is 0.240 e. The van der Waals surface area contributed by atoms with Crippen LogP contribution in [0.3, 0.4) is 0 Å². The second kappa shape index (κ2) is 5.59.